The van der Waals surface area contributed by atoms with Crippen molar-refractivity contribution in [1.82, 2.24) is 10.2 Å². The number of rotatable bonds is 2. The van der Waals surface area contributed by atoms with Crippen LogP contribution in [-0.2, 0) is 15.2 Å². The van der Waals surface area contributed by atoms with Crippen LogP contribution in [0.5, 0.6) is 5.75 Å². The summed E-state index contributed by atoms with van der Waals surface area (Å²) < 4.78 is 0. The molecule has 8 N–H and O–H groups in total. The molecule has 4 rings (SSSR count). The molecule has 11 nitrogen and oxygen atoms in total. The summed E-state index contributed by atoms with van der Waals surface area (Å²) in [5, 5.41) is 57.8. The van der Waals surface area contributed by atoms with E-state index in [0.29, 0.717) is 0 Å². The van der Waals surface area contributed by atoms with Crippen LogP contribution in [0.25, 0.3) is 0 Å². The molecule has 0 bridgehead atoms. The number of nitrogens with two attached hydrogens (primary N) is 1. The molecule has 0 spiro atoms. The van der Waals surface area contributed by atoms with Crippen molar-refractivity contribution in [3.05, 3.63) is 52.0 Å². The number of amides is 1. The number of benzene rings is 1. The molecule has 3 aliphatic rings. The number of carbonyl (C=O) groups excluding carboxylic acids is 3. The third kappa shape index (κ3) is 3.54. The van der Waals surface area contributed by atoms with E-state index in [4.69, 9.17) is 5.73 Å². The van der Waals surface area contributed by atoms with Crippen LogP contribution >= 0.6 is 0 Å². The van der Waals surface area contributed by atoms with Crippen LogP contribution in [0.1, 0.15) is 29.3 Å². The van der Waals surface area contributed by atoms with Gasteiger partial charge >= 0.3 is 0 Å². The number of primary amides is 1. The number of aliphatic hydroxyl groups excluding tert-OH is 2. The predicted octanol–water partition coefficient (Wildman–Crippen LogP) is -0.379. The lowest BCUT2D eigenvalue weighted by atomic mass is 9.55. The molecule has 1 aromatic rings. The van der Waals surface area contributed by atoms with E-state index >= 15 is 0 Å². The fraction of sp³-hybridized carbons (Fsp3) is 0.458. The van der Waals surface area contributed by atoms with Gasteiger partial charge in [-0.15, -0.1) is 0 Å². The van der Waals surface area contributed by atoms with Crippen LogP contribution in [0.3, 0.4) is 0 Å². The van der Waals surface area contributed by atoms with Gasteiger partial charge in [0.15, 0.2) is 11.4 Å². The minimum Gasteiger partial charge on any atom is -0.510 e. The van der Waals surface area contributed by atoms with Gasteiger partial charge in [-0.25, -0.2) is 0 Å². The Kier molecular flexibility index (Phi) is 6.59. The molecule has 0 heterocycles. The Morgan fingerprint density at radius 1 is 1.14 bits per heavy atom. The van der Waals surface area contributed by atoms with Gasteiger partial charge in [-0.2, -0.15) is 0 Å². The summed E-state index contributed by atoms with van der Waals surface area (Å²) in [5.41, 5.74) is -0.654. The van der Waals surface area contributed by atoms with Crippen LogP contribution in [0.15, 0.2) is 40.9 Å². The number of aliphatic hydroxyl groups is 4. The SMILES string of the molecule is CN(C)[C@@H]1C(O)=C(C(N)=O)C(=O)[C@@]2(O)C(O)=C3C(=O)c4c(O)cccc4[C@@](C)(O)[C@H]3C[C@@H]12.CNC. The molecular formula is C24H31N3O8. The number of Topliss-reactive ketones (excluding diaryl/α,β-unsaturated/α-hetero) is 2. The molecule has 0 saturated heterocycles. The highest BCUT2D eigenvalue weighted by Gasteiger charge is 2.65. The summed E-state index contributed by atoms with van der Waals surface area (Å²) in [4.78, 5) is 39.9. The molecule has 11 heteroatoms. The van der Waals surface area contributed by atoms with Gasteiger partial charge < -0.3 is 36.6 Å². The molecule has 0 fully saturated rings. The maximum Gasteiger partial charge on any atom is 0.255 e. The molecule has 0 aromatic heterocycles. The van der Waals surface area contributed by atoms with E-state index in [0.717, 1.165) is 0 Å². The molecule has 190 valence electrons. The topological polar surface area (TPSA) is 194 Å². The van der Waals surface area contributed by atoms with Crippen molar-refractivity contribution in [2.24, 2.45) is 17.6 Å². The lowest BCUT2D eigenvalue weighted by molar-refractivity contribution is -0.151. The monoisotopic (exact) mass is 489 g/mol. The molecule has 5 atom stereocenters. The summed E-state index contributed by atoms with van der Waals surface area (Å²) in [6.45, 7) is 1.40. The number of aromatic hydroxyl groups is 1. The highest BCUT2D eigenvalue weighted by Crippen LogP contribution is 2.56. The third-order valence-corrected chi connectivity index (χ3v) is 7.02. The first-order chi connectivity index (χ1) is 16.2. The zero-order valence-corrected chi connectivity index (χ0v) is 20.2. The van der Waals surface area contributed by atoms with Crippen LogP contribution in [-0.4, -0.2) is 87.7 Å². The van der Waals surface area contributed by atoms with E-state index in [2.05, 4.69) is 5.32 Å². The first-order valence-corrected chi connectivity index (χ1v) is 11.0. The number of phenolic OH excluding ortho intramolecular Hbond substituents is 1. The first kappa shape index (κ1) is 26.4. The number of likely N-dealkylation sites (N-methyl/N-ethyl adjacent to an activating group) is 1. The van der Waals surface area contributed by atoms with Gasteiger partial charge in [0, 0.05) is 17.4 Å². The van der Waals surface area contributed by atoms with Gasteiger partial charge in [0.25, 0.3) is 5.91 Å². The van der Waals surface area contributed by atoms with Gasteiger partial charge in [-0.3, -0.25) is 19.3 Å². The predicted molar refractivity (Wildman–Crippen MR) is 125 cm³/mol. The number of carbonyl (C=O) groups is 3. The largest absolute Gasteiger partial charge is 0.510 e. The highest BCUT2D eigenvalue weighted by molar-refractivity contribution is 6.24. The van der Waals surface area contributed by atoms with Crippen molar-refractivity contribution < 1.29 is 39.9 Å². The van der Waals surface area contributed by atoms with Crippen LogP contribution < -0.4 is 11.1 Å². The Morgan fingerprint density at radius 2 is 1.71 bits per heavy atom. The van der Waals surface area contributed by atoms with E-state index in [1.807, 2.05) is 14.1 Å². The van der Waals surface area contributed by atoms with Gasteiger partial charge in [0.1, 0.15) is 22.8 Å². The Balaban J connectivity index is 0.00000108. The quantitative estimate of drug-likeness (QED) is 0.269. The normalized spacial score (nSPS) is 31.9. The number of phenols is 1. The molecule has 1 aromatic carbocycles. The maximum absolute atomic E-state index is 13.3. The number of fused-ring (bicyclic) bond motifs is 3. The standard InChI is InChI=1S/C22H24N2O8.C2H7N/c1-21(31)8-5-4-6-11(25)12(8)16(26)13-9(21)7-10-15(24(2)3)17(27)14(20(23)30)19(29)22(10,32)18(13)28;1-3-2/h4-6,9-10,15,25,27-28,31-32H,7H2,1-3H3,(H2,23,30);3H,1-2H3/t9-,10-,15-,21+,22-;/m0./s1. The number of nitrogens with one attached hydrogen (secondary N) is 1. The second-order valence-electron chi connectivity index (χ2n) is 9.46. The molecule has 0 aliphatic heterocycles. The van der Waals surface area contributed by atoms with Crippen molar-refractivity contribution in [1.29, 1.82) is 0 Å². The molecule has 3 aliphatic carbocycles. The van der Waals surface area contributed by atoms with Gasteiger partial charge in [-0.05, 0) is 53.2 Å². The first-order valence-electron chi connectivity index (χ1n) is 11.0. The van der Waals surface area contributed by atoms with E-state index < -0.39 is 75.0 Å². The Bertz CT molecular complexity index is 1170. The molecule has 0 unspecified atom stereocenters. The minimum atomic E-state index is -2.75. The average Bonchev–Trinajstić information content (AvgIpc) is 2.74. The fourth-order valence-corrected chi connectivity index (χ4v) is 5.51. The van der Waals surface area contributed by atoms with Crippen molar-refractivity contribution in [2.75, 3.05) is 28.2 Å². The average molecular weight is 490 g/mol. The molecule has 0 radical (unpaired) electrons. The Morgan fingerprint density at radius 3 is 2.23 bits per heavy atom. The highest BCUT2D eigenvalue weighted by atomic mass is 16.3. The molecule has 1 amide bonds. The molecule has 35 heavy (non-hydrogen) atoms. The zero-order valence-electron chi connectivity index (χ0n) is 20.2. The third-order valence-electron chi connectivity index (χ3n) is 7.02. The summed E-state index contributed by atoms with van der Waals surface area (Å²) in [6.07, 6.45) is -0.200. The Hall–Kier alpha value is -3.25. The van der Waals surface area contributed by atoms with Gasteiger partial charge in [-0.1, -0.05) is 12.1 Å². The van der Waals surface area contributed by atoms with E-state index in [-0.39, 0.29) is 17.5 Å². The van der Waals surface area contributed by atoms with Gasteiger partial charge in [0.2, 0.25) is 5.78 Å². The molecular weight excluding hydrogens is 458 g/mol. The lowest BCUT2D eigenvalue weighted by Gasteiger charge is -2.52. The summed E-state index contributed by atoms with van der Waals surface area (Å²) in [5.74, 6) is -7.89. The van der Waals surface area contributed by atoms with Crippen LogP contribution in [0.4, 0.5) is 0 Å². The van der Waals surface area contributed by atoms with E-state index in [1.165, 1.54) is 44.1 Å². The molecule has 0 saturated carbocycles. The summed E-state index contributed by atoms with van der Waals surface area (Å²) >= 11 is 0. The summed E-state index contributed by atoms with van der Waals surface area (Å²) in [6, 6.07) is 3.05. The van der Waals surface area contributed by atoms with Crippen molar-refractivity contribution >= 4 is 17.5 Å². The number of ketones is 2. The van der Waals surface area contributed by atoms with Crippen LogP contribution in [0, 0.1) is 11.8 Å². The van der Waals surface area contributed by atoms with Gasteiger partial charge in [0.05, 0.1) is 17.2 Å². The number of hydrogen-bond acceptors (Lipinski definition) is 10. The minimum absolute atomic E-state index is 0.135. The lowest BCUT2D eigenvalue weighted by Crippen LogP contribution is -2.65. The smallest absolute Gasteiger partial charge is 0.255 e. The number of nitrogens with zero attached hydrogens (tertiary/aromatic N) is 1. The maximum atomic E-state index is 13.3. The second kappa shape index (κ2) is 8.76. The number of hydrogen-bond donors (Lipinski definition) is 7. The van der Waals surface area contributed by atoms with E-state index in [1.54, 1.807) is 0 Å². The van der Waals surface area contributed by atoms with Crippen LogP contribution in [0.2, 0.25) is 0 Å². The second-order valence-corrected chi connectivity index (χ2v) is 9.46. The zero-order chi connectivity index (χ0) is 26.6. The fourth-order valence-electron chi connectivity index (χ4n) is 5.51. The van der Waals surface area contributed by atoms with Crippen molar-refractivity contribution in [3.63, 3.8) is 0 Å². The van der Waals surface area contributed by atoms with Crippen molar-refractivity contribution in [2.45, 2.75) is 30.6 Å². The van der Waals surface area contributed by atoms with Crippen molar-refractivity contribution in [3.8, 4) is 5.75 Å². The Labute approximate surface area is 202 Å². The summed E-state index contributed by atoms with van der Waals surface area (Å²) in [7, 11) is 6.81. The van der Waals surface area contributed by atoms with E-state index in [9.17, 15) is 39.9 Å².